The van der Waals surface area contributed by atoms with Gasteiger partial charge in [0.25, 0.3) is 0 Å². The van der Waals surface area contributed by atoms with Gasteiger partial charge in [-0.3, -0.25) is 0 Å². The van der Waals surface area contributed by atoms with Crippen LogP contribution in [0.15, 0.2) is 109 Å². The molecule has 57 heavy (non-hydrogen) atoms. The van der Waals surface area contributed by atoms with E-state index < -0.39 is 0 Å². The SMILES string of the molecule is CCC=CC(C)C.CCC=CC(C)CC(=CCC)CC.CCC=CC(C)CC(C)C=CCC.CCC=CCC.CCC=CCC.CCC=CCC.CCC=CCC. The van der Waals surface area contributed by atoms with Gasteiger partial charge in [0, 0.05) is 0 Å². The zero-order valence-corrected chi connectivity index (χ0v) is 42.9. The van der Waals surface area contributed by atoms with E-state index in [4.69, 9.17) is 0 Å². The van der Waals surface area contributed by atoms with E-state index in [2.05, 4.69) is 235 Å². The van der Waals surface area contributed by atoms with Gasteiger partial charge in [-0.15, -0.1) is 0 Å². The summed E-state index contributed by atoms with van der Waals surface area (Å²) < 4.78 is 0. The lowest BCUT2D eigenvalue weighted by Gasteiger charge is -2.10. The molecule has 0 aromatic rings. The summed E-state index contributed by atoms with van der Waals surface area (Å²) in [7, 11) is 0. The van der Waals surface area contributed by atoms with Crippen molar-refractivity contribution in [2.75, 3.05) is 0 Å². The van der Waals surface area contributed by atoms with Crippen LogP contribution in [0.3, 0.4) is 0 Å². The molecule has 0 rings (SSSR count). The molecule has 0 fully saturated rings. The highest BCUT2D eigenvalue weighted by Gasteiger charge is 2.02. The molecule has 0 saturated carbocycles. The standard InChI is InChI=1S/2C13H24.C7H14.4C6H12/c1-5-7-9-12(3)11-13(4)10-8-6-2;1-5-8-10-12(4)11-13(7-3)9-6-2;1-4-5-6-7(2)3;4*1-3-5-6-4-2/h7-10,12-13H,5-6,11H2,1-4H3;8-10,12H,5-7,11H2,1-4H3;5-7H,4H2,1-3H3;4*5-6H,3-4H2,1-2H3. The molecule has 0 aliphatic heterocycles. The predicted octanol–water partition coefficient (Wildman–Crippen LogP) is 21.4. The van der Waals surface area contributed by atoms with Crippen molar-refractivity contribution in [3.63, 3.8) is 0 Å². The monoisotopic (exact) mass is 795 g/mol. The van der Waals surface area contributed by atoms with E-state index in [1.165, 1.54) is 77.0 Å². The first-order valence-corrected chi connectivity index (χ1v) is 24.3. The Hall–Kier alpha value is -2.34. The maximum absolute atomic E-state index is 2.37. The summed E-state index contributed by atoms with van der Waals surface area (Å²) in [4.78, 5) is 0. The maximum atomic E-state index is 2.37. The lowest BCUT2D eigenvalue weighted by atomic mass is 9.96. The third-order valence-corrected chi connectivity index (χ3v) is 7.68. The third kappa shape index (κ3) is 95.8. The largest absolute Gasteiger partial charge is 0.0888 e. The lowest BCUT2D eigenvalue weighted by molar-refractivity contribution is 0.542. The molecule has 0 bridgehead atoms. The fraction of sp³-hybridized carbons (Fsp3) is 0.684. The first-order valence-electron chi connectivity index (χ1n) is 24.3. The number of rotatable bonds is 22. The molecule has 3 atom stereocenters. The predicted molar refractivity (Wildman–Crippen MR) is 277 cm³/mol. The minimum absolute atomic E-state index is 0.706. The molecule has 3 unspecified atom stereocenters. The van der Waals surface area contributed by atoms with Gasteiger partial charge in [-0.2, -0.15) is 0 Å². The second kappa shape index (κ2) is 71.4. The van der Waals surface area contributed by atoms with Crippen molar-refractivity contribution in [2.45, 2.75) is 234 Å². The molecule has 338 valence electrons. The second-order valence-electron chi connectivity index (χ2n) is 14.7. The van der Waals surface area contributed by atoms with Gasteiger partial charge >= 0.3 is 0 Å². The molecule has 0 N–H and O–H groups in total. The van der Waals surface area contributed by atoms with E-state index in [1.807, 2.05) is 0 Å². The van der Waals surface area contributed by atoms with E-state index in [9.17, 15) is 0 Å². The van der Waals surface area contributed by atoms with Crippen LogP contribution in [0.4, 0.5) is 0 Å². The Kier molecular flexibility index (Phi) is 86.8. The number of hydrogen-bond donors (Lipinski definition) is 0. The van der Waals surface area contributed by atoms with Crippen LogP contribution in [0.25, 0.3) is 0 Å². The highest BCUT2D eigenvalue weighted by Crippen LogP contribution is 2.16. The van der Waals surface area contributed by atoms with Gasteiger partial charge in [0.05, 0.1) is 0 Å². The molecule has 0 aromatic carbocycles. The molecular formula is C57H110. The van der Waals surface area contributed by atoms with Gasteiger partial charge in [-0.25, -0.2) is 0 Å². The highest BCUT2D eigenvalue weighted by molar-refractivity contribution is 5.04. The van der Waals surface area contributed by atoms with Crippen molar-refractivity contribution in [3.8, 4) is 0 Å². The van der Waals surface area contributed by atoms with Crippen LogP contribution in [0.5, 0.6) is 0 Å². The van der Waals surface area contributed by atoms with E-state index >= 15 is 0 Å². The van der Waals surface area contributed by atoms with Crippen molar-refractivity contribution in [1.82, 2.24) is 0 Å². The van der Waals surface area contributed by atoms with Crippen LogP contribution in [0.2, 0.25) is 0 Å². The molecule has 0 nitrogen and oxygen atoms in total. The first-order chi connectivity index (χ1) is 27.4. The van der Waals surface area contributed by atoms with E-state index in [0.29, 0.717) is 5.92 Å². The van der Waals surface area contributed by atoms with E-state index in [0.717, 1.165) is 43.4 Å². The van der Waals surface area contributed by atoms with Gasteiger partial charge < -0.3 is 0 Å². The Labute approximate surface area is 365 Å². The molecule has 0 heterocycles. The molecule has 0 saturated heterocycles. The Morgan fingerprint density at radius 2 is 0.544 bits per heavy atom. The lowest BCUT2D eigenvalue weighted by Crippen LogP contribution is -1.97. The minimum atomic E-state index is 0.706. The van der Waals surface area contributed by atoms with Crippen LogP contribution in [0.1, 0.15) is 234 Å². The molecule has 0 heteroatoms. The topological polar surface area (TPSA) is 0 Å². The average molecular weight is 796 g/mol. The van der Waals surface area contributed by atoms with E-state index in [1.54, 1.807) is 5.57 Å². The molecular weight excluding hydrogens is 685 g/mol. The summed E-state index contributed by atoms with van der Waals surface area (Å²) in [5.41, 5.74) is 1.61. The first kappa shape index (κ1) is 69.3. The maximum Gasteiger partial charge on any atom is -0.0225 e. The van der Waals surface area contributed by atoms with Crippen molar-refractivity contribution in [3.05, 3.63) is 109 Å². The fourth-order valence-electron chi connectivity index (χ4n) is 4.73. The summed E-state index contributed by atoms with van der Waals surface area (Å²) in [5, 5.41) is 0. The fourth-order valence-corrected chi connectivity index (χ4v) is 4.73. The zero-order valence-electron chi connectivity index (χ0n) is 42.9. The van der Waals surface area contributed by atoms with Crippen molar-refractivity contribution in [1.29, 1.82) is 0 Å². The summed E-state index contributed by atoms with van der Waals surface area (Å²) >= 11 is 0. The number of hydrogen-bond acceptors (Lipinski definition) is 0. The molecule has 0 amide bonds. The molecule has 0 spiro atoms. The van der Waals surface area contributed by atoms with Gasteiger partial charge in [0.2, 0.25) is 0 Å². The summed E-state index contributed by atoms with van der Waals surface area (Å²) in [5.74, 6) is 2.87. The van der Waals surface area contributed by atoms with Crippen molar-refractivity contribution < 1.29 is 0 Å². The third-order valence-electron chi connectivity index (χ3n) is 7.68. The second-order valence-corrected chi connectivity index (χ2v) is 14.7. The normalized spacial score (nSPS) is 13.1. The van der Waals surface area contributed by atoms with Crippen LogP contribution in [0, 0.1) is 23.7 Å². The Balaban J connectivity index is -0.000000106. The van der Waals surface area contributed by atoms with Crippen LogP contribution in [-0.2, 0) is 0 Å². The molecule has 0 aromatic heterocycles. The Bertz CT molecular complexity index is 812. The summed E-state index contributed by atoms with van der Waals surface area (Å²) in [6, 6.07) is 0. The average Bonchev–Trinajstić information content (AvgIpc) is 3.21. The van der Waals surface area contributed by atoms with Crippen LogP contribution >= 0.6 is 0 Å². The van der Waals surface area contributed by atoms with Crippen molar-refractivity contribution >= 4 is 0 Å². The molecule has 0 aliphatic rings. The van der Waals surface area contributed by atoms with Crippen molar-refractivity contribution in [2.24, 2.45) is 23.7 Å². The zero-order chi connectivity index (χ0) is 45.2. The van der Waals surface area contributed by atoms with Crippen LogP contribution < -0.4 is 0 Å². The molecule has 0 radical (unpaired) electrons. The summed E-state index contributed by atoms with van der Waals surface area (Å²) in [6.07, 6.45) is 56.9. The van der Waals surface area contributed by atoms with Gasteiger partial charge in [0.1, 0.15) is 0 Å². The van der Waals surface area contributed by atoms with E-state index in [-0.39, 0.29) is 0 Å². The Morgan fingerprint density at radius 1 is 0.298 bits per heavy atom. The molecule has 0 aliphatic carbocycles. The Morgan fingerprint density at radius 3 is 0.737 bits per heavy atom. The van der Waals surface area contributed by atoms with Gasteiger partial charge in [-0.1, -0.05) is 240 Å². The smallest absolute Gasteiger partial charge is 0.0225 e. The van der Waals surface area contributed by atoms with Crippen LogP contribution in [-0.4, -0.2) is 0 Å². The quantitative estimate of drug-likeness (QED) is 0.0958. The van der Waals surface area contributed by atoms with Gasteiger partial charge in [0.15, 0.2) is 0 Å². The van der Waals surface area contributed by atoms with Gasteiger partial charge in [-0.05, 0) is 126 Å². The minimum Gasteiger partial charge on any atom is -0.0888 e. The highest BCUT2D eigenvalue weighted by atomic mass is 14.1. The number of allylic oxidation sites excluding steroid dienone is 18. The summed E-state index contributed by atoms with van der Waals surface area (Å²) in [6.45, 7) is 41.6.